The highest BCUT2D eigenvalue weighted by Crippen LogP contribution is 2.24. The molecule has 2 aliphatic rings. The molecule has 4 nitrogen and oxygen atoms in total. The Morgan fingerprint density at radius 1 is 1.33 bits per heavy atom. The molecule has 1 N–H and O–H groups in total. The van der Waals surface area contributed by atoms with E-state index >= 15 is 0 Å². The van der Waals surface area contributed by atoms with Crippen molar-refractivity contribution in [1.82, 2.24) is 15.1 Å². The number of hydrogen-bond donors (Lipinski definition) is 1. The van der Waals surface area contributed by atoms with Crippen LogP contribution in [0.15, 0.2) is 0 Å². The minimum absolute atomic E-state index is 0.388. The zero-order chi connectivity index (χ0) is 15.3. The first-order valence-corrected chi connectivity index (χ1v) is 8.72. The van der Waals surface area contributed by atoms with Crippen molar-refractivity contribution >= 4 is 0 Å². The van der Waals surface area contributed by atoms with E-state index in [0.717, 1.165) is 25.4 Å². The fraction of sp³-hybridized carbons (Fsp3) is 0.941. The summed E-state index contributed by atoms with van der Waals surface area (Å²) in [5.74, 6) is 0. The average molecular weight is 292 g/mol. The van der Waals surface area contributed by atoms with Gasteiger partial charge in [0.25, 0.3) is 0 Å². The van der Waals surface area contributed by atoms with E-state index in [-0.39, 0.29) is 5.54 Å². The molecule has 2 fully saturated rings. The fourth-order valence-corrected chi connectivity index (χ4v) is 3.85. The lowest BCUT2D eigenvalue weighted by Gasteiger charge is -2.32. The quantitative estimate of drug-likeness (QED) is 0.781. The van der Waals surface area contributed by atoms with E-state index in [1.807, 2.05) is 6.92 Å². The molecule has 0 aromatic rings. The molecule has 2 aliphatic heterocycles. The van der Waals surface area contributed by atoms with Gasteiger partial charge in [-0.2, -0.15) is 5.26 Å². The van der Waals surface area contributed by atoms with Gasteiger partial charge in [0, 0.05) is 25.2 Å². The van der Waals surface area contributed by atoms with Gasteiger partial charge < -0.3 is 0 Å². The maximum atomic E-state index is 9.49. The molecule has 2 rings (SSSR count). The molecule has 0 aromatic carbocycles. The lowest BCUT2D eigenvalue weighted by molar-refractivity contribution is 0.184. The van der Waals surface area contributed by atoms with Crippen LogP contribution in [0.5, 0.6) is 0 Å². The Kier molecular flexibility index (Phi) is 6.04. The standard InChI is InChI=1S/C17H32N4/c1-4-8-19-17(3,14-18)12-15(2)21-11-7-16(13-21)20-9-5-6-10-20/h15-16,19H,4-13H2,1-3H3. The van der Waals surface area contributed by atoms with Gasteiger partial charge in [0.05, 0.1) is 6.07 Å². The van der Waals surface area contributed by atoms with Crippen LogP contribution in [0.3, 0.4) is 0 Å². The molecule has 0 aromatic heterocycles. The number of rotatable bonds is 7. The van der Waals surface area contributed by atoms with Gasteiger partial charge in [-0.05, 0) is 65.6 Å². The predicted octanol–water partition coefficient (Wildman–Crippen LogP) is 2.22. The van der Waals surface area contributed by atoms with Gasteiger partial charge >= 0.3 is 0 Å². The molecule has 0 spiro atoms. The maximum absolute atomic E-state index is 9.49. The van der Waals surface area contributed by atoms with Crippen molar-refractivity contribution in [3.8, 4) is 6.07 Å². The fourth-order valence-electron chi connectivity index (χ4n) is 3.85. The largest absolute Gasteiger partial charge is 0.300 e. The molecule has 0 saturated carbocycles. The molecule has 4 heteroatoms. The second kappa shape index (κ2) is 7.58. The topological polar surface area (TPSA) is 42.3 Å². The van der Waals surface area contributed by atoms with Crippen molar-refractivity contribution in [2.24, 2.45) is 0 Å². The number of nitrogens with zero attached hydrogens (tertiary/aromatic N) is 3. The highest BCUT2D eigenvalue weighted by molar-refractivity contribution is 5.06. The van der Waals surface area contributed by atoms with Crippen LogP contribution in [-0.2, 0) is 0 Å². The average Bonchev–Trinajstić information content (AvgIpc) is 3.15. The summed E-state index contributed by atoms with van der Waals surface area (Å²) < 4.78 is 0. The van der Waals surface area contributed by atoms with E-state index in [0.29, 0.717) is 6.04 Å². The normalized spacial score (nSPS) is 28.4. The van der Waals surface area contributed by atoms with E-state index in [4.69, 9.17) is 0 Å². The summed E-state index contributed by atoms with van der Waals surface area (Å²) in [5.41, 5.74) is -0.388. The molecule has 0 radical (unpaired) electrons. The number of likely N-dealkylation sites (tertiary alicyclic amines) is 2. The summed E-state index contributed by atoms with van der Waals surface area (Å²) in [4.78, 5) is 5.26. The number of nitrogens with one attached hydrogen (secondary N) is 1. The highest BCUT2D eigenvalue weighted by Gasteiger charge is 2.34. The Morgan fingerprint density at radius 2 is 2.05 bits per heavy atom. The molecule has 0 aliphatic carbocycles. The van der Waals surface area contributed by atoms with Crippen LogP contribution in [0.4, 0.5) is 0 Å². The molecule has 21 heavy (non-hydrogen) atoms. The van der Waals surface area contributed by atoms with Crippen LogP contribution < -0.4 is 5.32 Å². The van der Waals surface area contributed by atoms with E-state index in [1.54, 1.807) is 0 Å². The van der Waals surface area contributed by atoms with Crippen molar-refractivity contribution in [3.63, 3.8) is 0 Å². The summed E-state index contributed by atoms with van der Waals surface area (Å²) in [6, 6.07) is 3.72. The Balaban J connectivity index is 1.83. The maximum Gasteiger partial charge on any atom is 0.105 e. The Bertz CT molecular complexity index is 358. The number of hydrogen-bond acceptors (Lipinski definition) is 4. The van der Waals surface area contributed by atoms with E-state index in [9.17, 15) is 5.26 Å². The monoisotopic (exact) mass is 292 g/mol. The molecule has 0 bridgehead atoms. The summed E-state index contributed by atoms with van der Waals surface area (Å²) in [5, 5.41) is 12.9. The minimum atomic E-state index is -0.388. The van der Waals surface area contributed by atoms with E-state index in [2.05, 4.69) is 35.0 Å². The lowest BCUT2D eigenvalue weighted by Crippen LogP contribution is -2.47. The van der Waals surface area contributed by atoms with Gasteiger partial charge in [-0.15, -0.1) is 0 Å². The second-order valence-electron chi connectivity index (χ2n) is 7.10. The predicted molar refractivity (Wildman–Crippen MR) is 87.2 cm³/mol. The molecular weight excluding hydrogens is 260 g/mol. The van der Waals surface area contributed by atoms with Gasteiger partial charge in [-0.3, -0.25) is 15.1 Å². The lowest BCUT2D eigenvalue weighted by atomic mass is 9.94. The SMILES string of the molecule is CCCNC(C)(C#N)CC(C)N1CCC(N2CCCC2)C1. The Morgan fingerprint density at radius 3 is 2.67 bits per heavy atom. The van der Waals surface area contributed by atoms with Crippen LogP contribution >= 0.6 is 0 Å². The highest BCUT2D eigenvalue weighted by atomic mass is 15.3. The molecule has 2 saturated heterocycles. The first-order chi connectivity index (χ1) is 10.1. The summed E-state index contributed by atoms with van der Waals surface area (Å²) >= 11 is 0. The Labute approximate surface area is 130 Å². The van der Waals surface area contributed by atoms with Crippen LogP contribution in [0.25, 0.3) is 0 Å². The van der Waals surface area contributed by atoms with Crippen LogP contribution in [0.1, 0.15) is 52.9 Å². The van der Waals surface area contributed by atoms with Gasteiger partial charge in [-0.1, -0.05) is 6.92 Å². The van der Waals surface area contributed by atoms with Crippen molar-refractivity contribution in [1.29, 1.82) is 5.26 Å². The first kappa shape index (κ1) is 16.7. The molecule has 0 amide bonds. The van der Waals surface area contributed by atoms with Crippen molar-refractivity contribution in [3.05, 3.63) is 0 Å². The minimum Gasteiger partial charge on any atom is -0.300 e. The third-order valence-corrected chi connectivity index (χ3v) is 5.19. The summed E-state index contributed by atoms with van der Waals surface area (Å²) in [6.07, 6.45) is 6.04. The third kappa shape index (κ3) is 4.42. The summed E-state index contributed by atoms with van der Waals surface area (Å²) in [6.45, 7) is 12.4. The van der Waals surface area contributed by atoms with Crippen molar-refractivity contribution in [2.75, 3.05) is 32.7 Å². The first-order valence-electron chi connectivity index (χ1n) is 8.72. The van der Waals surface area contributed by atoms with Crippen molar-refractivity contribution < 1.29 is 0 Å². The van der Waals surface area contributed by atoms with Crippen LogP contribution in [0, 0.1) is 11.3 Å². The van der Waals surface area contributed by atoms with Gasteiger partial charge in [0.2, 0.25) is 0 Å². The second-order valence-corrected chi connectivity index (χ2v) is 7.10. The zero-order valence-corrected chi connectivity index (χ0v) is 14.1. The summed E-state index contributed by atoms with van der Waals surface area (Å²) in [7, 11) is 0. The van der Waals surface area contributed by atoms with Crippen molar-refractivity contribution in [2.45, 2.75) is 70.5 Å². The van der Waals surface area contributed by atoms with E-state index < -0.39 is 0 Å². The Hall–Kier alpha value is -0.630. The zero-order valence-electron chi connectivity index (χ0n) is 14.1. The van der Waals surface area contributed by atoms with Gasteiger partial charge in [0.1, 0.15) is 5.54 Å². The van der Waals surface area contributed by atoms with Crippen LogP contribution in [0.2, 0.25) is 0 Å². The van der Waals surface area contributed by atoms with Gasteiger partial charge in [-0.25, -0.2) is 0 Å². The van der Waals surface area contributed by atoms with Gasteiger partial charge in [0.15, 0.2) is 0 Å². The number of nitriles is 1. The molecule has 120 valence electrons. The molecule has 2 heterocycles. The molecule has 3 atom stereocenters. The van der Waals surface area contributed by atoms with E-state index in [1.165, 1.54) is 45.4 Å². The molecule has 3 unspecified atom stereocenters. The van der Waals surface area contributed by atoms with Crippen LogP contribution in [-0.4, -0.2) is 60.1 Å². The molecular formula is C17H32N4. The smallest absolute Gasteiger partial charge is 0.105 e. The third-order valence-electron chi connectivity index (χ3n) is 5.19.